The van der Waals surface area contributed by atoms with Gasteiger partial charge in [-0.3, -0.25) is 9.59 Å². The predicted octanol–water partition coefficient (Wildman–Crippen LogP) is 2.67. The minimum absolute atomic E-state index is 0.0280. The number of rotatable bonds is 4. The van der Waals surface area contributed by atoms with Crippen molar-refractivity contribution in [3.05, 3.63) is 35.4 Å². The number of hydrogen-bond acceptors (Lipinski definition) is 2. The molecule has 2 rings (SSSR count). The van der Waals surface area contributed by atoms with Gasteiger partial charge in [0.25, 0.3) is 0 Å². The predicted molar refractivity (Wildman–Crippen MR) is 81.1 cm³/mol. The number of carboxylic acid groups (broad SMARTS) is 1. The van der Waals surface area contributed by atoms with Crippen LogP contribution >= 0.6 is 0 Å². The number of aryl methyl sites for hydroxylation is 1. The molecule has 1 amide bonds. The van der Waals surface area contributed by atoms with Crippen molar-refractivity contribution in [2.45, 2.75) is 33.1 Å². The zero-order chi connectivity index (χ0) is 15.6. The molecular formula is C17H23NO3. The molecule has 3 atom stereocenters. The molecule has 0 aromatic heterocycles. The van der Waals surface area contributed by atoms with E-state index in [1.165, 1.54) is 11.1 Å². The highest BCUT2D eigenvalue weighted by molar-refractivity contribution is 5.79. The van der Waals surface area contributed by atoms with Crippen LogP contribution in [0.2, 0.25) is 0 Å². The fourth-order valence-electron chi connectivity index (χ4n) is 3.13. The van der Waals surface area contributed by atoms with Crippen LogP contribution in [0.3, 0.4) is 0 Å². The van der Waals surface area contributed by atoms with Gasteiger partial charge in [0.1, 0.15) is 0 Å². The zero-order valence-corrected chi connectivity index (χ0v) is 12.9. The first kappa shape index (κ1) is 15.5. The molecule has 1 aromatic rings. The Morgan fingerprint density at radius 1 is 1.33 bits per heavy atom. The quantitative estimate of drug-likeness (QED) is 0.927. The van der Waals surface area contributed by atoms with E-state index in [4.69, 9.17) is 5.11 Å². The summed E-state index contributed by atoms with van der Waals surface area (Å²) >= 11 is 0. The summed E-state index contributed by atoms with van der Waals surface area (Å²) < 4.78 is 0. The summed E-state index contributed by atoms with van der Waals surface area (Å²) in [5.41, 5.74) is 2.38. The molecule has 4 nitrogen and oxygen atoms in total. The number of carboxylic acids is 1. The fraction of sp³-hybridized carbons (Fsp3) is 0.529. The summed E-state index contributed by atoms with van der Waals surface area (Å²) in [4.78, 5) is 25.2. The Kier molecular flexibility index (Phi) is 4.66. The van der Waals surface area contributed by atoms with Crippen molar-refractivity contribution in [3.8, 4) is 0 Å². The van der Waals surface area contributed by atoms with Crippen LogP contribution in [0.1, 0.15) is 37.3 Å². The number of aliphatic carboxylic acids is 1. The van der Waals surface area contributed by atoms with Crippen LogP contribution in [0.25, 0.3) is 0 Å². The Hall–Kier alpha value is -1.84. The number of hydrogen-bond donors (Lipinski definition) is 1. The van der Waals surface area contributed by atoms with Crippen molar-refractivity contribution >= 4 is 11.9 Å². The van der Waals surface area contributed by atoms with Crippen molar-refractivity contribution in [1.29, 1.82) is 0 Å². The summed E-state index contributed by atoms with van der Waals surface area (Å²) in [6.45, 7) is 6.89. The monoisotopic (exact) mass is 289 g/mol. The number of carbonyl (C=O) groups excluding carboxylic acids is 1. The summed E-state index contributed by atoms with van der Waals surface area (Å²) in [5, 5.41) is 9.14. The molecule has 21 heavy (non-hydrogen) atoms. The Morgan fingerprint density at radius 2 is 2.00 bits per heavy atom. The first-order valence-corrected chi connectivity index (χ1v) is 7.46. The maximum atomic E-state index is 12.4. The summed E-state index contributed by atoms with van der Waals surface area (Å²) in [5.74, 6) is -0.994. The Balaban J connectivity index is 1.99. The average molecular weight is 289 g/mol. The first-order valence-electron chi connectivity index (χ1n) is 7.46. The van der Waals surface area contributed by atoms with Crippen molar-refractivity contribution in [2.75, 3.05) is 13.1 Å². The molecule has 114 valence electrons. The number of benzene rings is 1. The van der Waals surface area contributed by atoms with E-state index >= 15 is 0 Å². The standard InChI is InChI=1S/C17H23NO3/c1-11-6-4-5-7-14(11)12(2)8-16(19)18-9-13(3)15(10-18)17(20)21/h4-7,12-13,15H,8-10H2,1-3H3,(H,20,21)/t12?,13-,15-/m1/s1. The van der Waals surface area contributed by atoms with Gasteiger partial charge in [0.2, 0.25) is 5.91 Å². The smallest absolute Gasteiger partial charge is 0.308 e. The van der Waals surface area contributed by atoms with E-state index < -0.39 is 11.9 Å². The fourth-order valence-corrected chi connectivity index (χ4v) is 3.13. The first-order chi connectivity index (χ1) is 9.90. The van der Waals surface area contributed by atoms with E-state index in [-0.39, 0.29) is 17.7 Å². The van der Waals surface area contributed by atoms with Crippen LogP contribution in [0.4, 0.5) is 0 Å². The molecule has 1 aromatic carbocycles. The van der Waals surface area contributed by atoms with Crippen molar-refractivity contribution in [3.63, 3.8) is 0 Å². The number of amides is 1. The summed E-state index contributed by atoms with van der Waals surface area (Å²) in [6, 6.07) is 8.09. The molecule has 1 fully saturated rings. The van der Waals surface area contributed by atoms with Crippen molar-refractivity contribution in [1.82, 2.24) is 4.90 Å². The van der Waals surface area contributed by atoms with Gasteiger partial charge < -0.3 is 10.0 Å². The average Bonchev–Trinajstić information content (AvgIpc) is 2.81. The molecule has 1 saturated heterocycles. The molecule has 0 saturated carbocycles. The van der Waals surface area contributed by atoms with Gasteiger partial charge in [-0.05, 0) is 29.9 Å². The molecule has 1 N–H and O–H groups in total. The van der Waals surface area contributed by atoms with Gasteiger partial charge >= 0.3 is 5.97 Å². The molecule has 1 unspecified atom stereocenters. The molecule has 1 heterocycles. The molecule has 0 bridgehead atoms. The molecule has 1 aliphatic heterocycles. The van der Waals surface area contributed by atoms with E-state index in [0.29, 0.717) is 19.5 Å². The number of likely N-dealkylation sites (tertiary alicyclic amines) is 1. The van der Waals surface area contributed by atoms with Crippen molar-refractivity contribution in [2.24, 2.45) is 11.8 Å². The molecule has 1 aliphatic rings. The Labute approximate surface area is 125 Å². The molecule has 0 spiro atoms. The van der Waals surface area contributed by atoms with E-state index in [0.717, 1.165) is 0 Å². The second-order valence-electron chi connectivity index (χ2n) is 6.18. The van der Waals surface area contributed by atoms with E-state index in [1.807, 2.05) is 19.1 Å². The highest BCUT2D eigenvalue weighted by Gasteiger charge is 2.37. The minimum Gasteiger partial charge on any atom is -0.481 e. The highest BCUT2D eigenvalue weighted by Crippen LogP contribution is 2.27. The van der Waals surface area contributed by atoms with Crippen LogP contribution in [0.5, 0.6) is 0 Å². The SMILES string of the molecule is Cc1ccccc1C(C)CC(=O)N1C[C@@H](C)[C@H](C(=O)O)C1. The molecule has 4 heteroatoms. The lowest BCUT2D eigenvalue weighted by Gasteiger charge is -2.20. The van der Waals surface area contributed by atoms with Crippen LogP contribution in [0, 0.1) is 18.8 Å². The lowest BCUT2D eigenvalue weighted by atomic mass is 9.93. The van der Waals surface area contributed by atoms with Crippen LogP contribution in [0.15, 0.2) is 24.3 Å². The van der Waals surface area contributed by atoms with Gasteiger partial charge in [0, 0.05) is 19.5 Å². The van der Waals surface area contributed by atoms with Crippen LogP contribution in [-0.2, 0) is 9.59 Å². The summed E-state index contributed by atoms with van der Waals surface area (Å²) in [7, 11) is 0. The van der Waals surface area contributed by atoms with E-state index in [1.54, 1.807) is 4.90 Å². The second-order valence-corrected chi connectivity index (χ2v) is 6.18. The third kappa shape index (κ3) is 3.43. The van der Waals surface area contributed by atoms with Gasteiger partial charge in [-0.15, -0.1) is 0 Å². The van der Waals surface area contributed by atoms with Gasteiger partial charge in [0.15, 0.2) is 0 Å². The van der Waals surface area contributed by atoms with Gasteiger partial charge in [-0.2, -0.15) is 0 Å². The van der Waals surface area contributed by atoms with E-state index in [2.05, 4.69) is 26.0 Å². The van der Waals surface area contributed by atoms with Crippen LogP contribution in [-0.4, -0.2) is 35.0 Å². The van der Waals surface area contributed by atoms with Gasteiger partial charge in [-0.25, -0.2) is 0 Å². The summed E-state index contributed by atoms with van der Waals surface area (Å²) in [6.07, 6.45) is 0.434. The number of nitrogens with zero attached hydrogens (tertiary/aromatic N) is 1. The molecule has 0 radical (unpaired) electrons. The van der Waals surface area contributed by atoms with Gasteiger partial charge in [0.05, 0.1) is 5.92 Å². The molecule has 0 aliphatic carbocycles. The maximum absolute atomic E-state index is 12.4. The Bertz CT molecular complexity index is 541. The minimum atomic E-state index is -0.801. The second kappa shape index (κ2) is 6.29. The normalized spacial score (nSPS) is 23.1. The third-order valence-electron chi connectivity index (χ3n) is 4.48. The largest absolute Gasteiger partial charge is 0.481 e. The third-order valence-corrected chi connectivity index (χ3v) is 4.48. The maximum Gasteiger partial charge on any atom is 0.308 e. The highest BCUT2D eigenvalue weighted by atomic mass is 16.4. The Morgan fingerprint density at radius 3 is 2.57 bits per heavy atom. The topological polar surface area (TPSA) is 57.6 Å². The molecular weight excluding hydrogens is 266 g/mol. The van der Waals surface area contributed by atoms with E-state index in [9.17, 15) is 9.59 Å². The zero-order valence-electron chi connectivity index (χ0n) is 12.9. The van der Waals surface area contributed by atoms with Gasteiger partial charge in [-0.1, -0.05) is 38.1 Å². The van der Waals surface area contributed by atoms with Crippen LogP contribution < -0.4 is 0 Å². The number of carbonyl (C=O) groups is 2. The lowest BCUT2D eigenvalue weighted by Crippen LogP contribution is -2.30. The van der Waals surface area contributed by atoms with Crippen molar-refractivity contribution < 1.29 is 14.7 Å². The lowest BCUT2D eigenvalue weighted by molar-refractivity contribution is -0.142.